The van der Waals surface area contributed by atoms with Gasteiger partial charge in [0, 0.05) is 29.3 Å². The van der Waals surface area contributed by atoms with Gasteiger partial charge in [0.15, 0.2) is 0 Å². The number of rotatable bonds is 7. The summed E-state index contributed by atoms with van der Waals surface area (Å²) in [6.45, 7) is 0. The lowest BCUT2D eigenvalue weighted by Crippen LogP contribution is -2.38. The summed E-state index contributed by atoms with van der Waals surface area (Å²) < 4.78 is 32.3. The SMILES string of the molecule is COc1ccc2nccc(CCC3(O)CCC(C(=O)N/C=C/c4cc(F)ccc4F)CC3)c2c1. The molecular formula is C27H28F2N2O3. The van der Waals surface area contributed by atoms with Crippen LogP contribution in [0.5, 0.6) is 5.75 Å². The van der Waals surface area contributed by atoms with E-state index in [1.165, 1.54) is 12.3 Å². The summed E-state index contributed by atoms with van der Waals surface area (Å²) in [7, 11) is 1.63. The van der Waals surface area contributed by atoms with Gasteiger partial charge in [0.2, 0.25) is 5.91 Å². The second-order valence-electron chi connectivity index (χ2n) is 8.86. The summed E-state index contributed by atoms with van der Waals surface area (Å²) >= 11 is 0. The van der Waals surface area contributed by atoms with E-state index in [9.17, 15) is 18.7 Å². The van der Waals surface area contributed by atoms with Gasteiger partial charge in [0.05, 0.1) is 18.2 Å². The Bertz CT molecular complexity index is 1200. The van der Waals surface area contributed by atoms with Gasteiger partial charge in [-0.25, -0.2) is 8.78 Å². The van der Waals surface area contributed by atoms with E-state index in [1.54, 1.807) is 13.3 Å². The number of pyridine rings is 1. The zero-order valence-corrected chi connectivity index (χ0v) is 19.1. The maximum Gasteiger partial charge on any atom is 0.227 e. The molecule has 3 aromatic rings. The number of aliphatic hydroxyl groups is 1. The molecule has 1 heterocycles. The van der Waals surface area contributed by atoms with Gasteiger partial charge in [-0.05, 0) is 92.6 Å². The fraction of sp³-hybridized carbons (Fsp3) is 0.333. The van der Waals surface area contributed by atoms with Gasteiger partial charge in [-0.1, -0.05) is 0 Å². The molecule has 0 saturated heterocycles. The predicted molar refractivity (Wildman–Crippen MR) is 127 cm³/mol. The van der Waals surface area contributed by atoms with E-state index in [-0.39, 0.29) is 17.4 Å². The molecule has 1 amide bonds. The molecule has 5 nitrogen and oxygen atoms in total. The van der Waals surface area contributed by atoms with E-state index < -0.39 is 17.2 Å². The molecule has 0 bridgehead atoms. The number of hydrogen-bond acceptors (Lipinski definition) is 4. The van der Waals surface area contributed by atoms with Crippen LogP contribution < -0.4 is 10.1 Å². The largest absolute Gasteiger partial charge is 0.497 e. The van der Waals surface area contributed by atoms with Crippen LogP contribution in [0.4, 0.5) is 8.78 Å². The van der Waals surface area contributed by atoms with E-state index in [4.69, 9.17) is 4.74 Å². The van der Waals surface area contributed by atoms with E-state index in [1.807, 2.05) is 24.3 Å². The van der Waals surface area contributed by atoms with Gasteiger partial charge in [-0.2, -0.15) is 0 Å². The number of halogens is 2. The van der Waals surface area contributed by atoms with Crippen LogP contribution in [0.25, 0.3) is 17.0 Å². The van der Waals surface area contributed by atoms with E-state index in [0.717, 1.165) is 40.4 Å². The van der Waals surface area contributed by atoms with Crippen molar-refractivity contribution < 1.29 is 23.4 Å². The number of hydrogen-bond donors (Lipinski definition) is 2. The fourth-order valence-corrected chi connectivity index (χ4v) is 4.54. The molecule has 2 aromatic carbocycles. The van der Waals surface area contributed by atoms with Crippen LogP contribution in [0.1, 0.15) is 43.2 Å². The van der Waals surface area contributed by atoms with Crippen LogP contribution in [-0.2, 0) is 11.2 Å². The average Bonchev–Trinajstić information content (AvgIpc) is 2.85. The predicted octanol–water partition coefficient (Wildman–Crippen LogP) is 5.16. The second kappa shape index (κ2) is 10.3. The molecule has 34 heavy (non-hydrogen) atoms. The zero-order valence-electron chi connectivity index (χ0n) is 19.1. The number of aryl methyl sites for hydroxylation is 1. The highest BCUT2D eigenvalue weighted by Gasteiger charge is 2.35. The Hall–Kier alpha value is -3.32. The van der Waals surface area contributed by atoms with Gasteiger partial charge < -0.3 is 15.2 Å². The number of carbonyl (C=O) groups is 1. The molecule has 1 aromatic heterocycles. The molecule has 0 aliphatic heterocycles. The number of aromatic nitrogens is 1. The molecule has 7 heteroatoms. The summed E-state index contributed by atoms with van der Waals surface area (Å²) in [4.78, 5) is 16.9. The second-order valence-corrected chi connectivity index (χ2v) is 8.86. The van der Waals surface area contributed by atoms with Gasteiger partial charge >= 0.3 is 0 Å². The summed E-state index contributed by atoms with van der Waals surface area (Å²) in [5.74, 6) is -0.746. The maximum atomic E-state index is 13.7. The quantitative estimate of drug-likeness (QED) is 0.504. The first kappa shape index (κ1) is 23.8. The number of ether oxygens (including phenoxy) is 1. The first-order valence-corrected chi connectivity index (χ1v) is 11.4. The molecule has 1 fully saturated rings. The third-order valence-corrected chi connectivity index (χ3v) is 6.63. The minimum atomic E-state index is -0.828. The van der Waals surface area contributed by atoms with E-state index >= 15 is 0 Å². The fourth-order valence-electron chi connectivity index (χ4n) is 4.54. The lowest BCUT2D eigenvalue weighted by atomic mass is 9.75. The van der Waals surface area contributed by atoms with Crippen molar-refractivity contribution in [3.05, 3.63) is 77.6 Å². The minimum Gasteiger partial charge on any atom is -0.497 e. The van der Waals surface area contributed by atoms with E-state index in [2.05, 4.69) is 10.3 Å². The number of methoxy groups -OCH3 is 1. The van der Waals surface area contributed by atoms with Crippen molar-refractivity contribution in [1.29, 1.82) is 0 Å². The molecule has 0 atom stereocenters. The Morgan fingerprint density at radius 3 is 2.76 bits per heavy atom. The van der Waals surface area contributed by atoms with Crippen molar-refractivity contribution in [3.8, 4) is 5.75 Å². The number of fused-ring (bicyclic) bond motifs is 1. The molecule has 4 rings (SSSR count). The third kappa shape index (κ3) is 5.59. The van der Waals surface area contributed by atoms with Crippen molar-refractivity contribution in [2.45, 2.75) is 44.1 Å². The smallest absolute Gasteiger partial charge is 0.227 e. The third-order valence-electron chi connectivity index (χ3n) is 6.63. The van der Waals surface area contributed by atoms with Gasteiger partial charge in [-0.15, -0.1) is 0 Å². The molecule has 0 radical (unpaired) electrons. The molecule has 1 saturated carbocycles. The first-order chi connectivity index (χ1) is 16.4. The Balaban J connectivity index is 1.31. The van der Waals surface area contributed by atoms with Crippen molar-refractivity contribution in [2.24, 2.45) is 5.92 Å². The van der Waals surface area contributed by atoms with Crippen LogP contribution in [0, 0.1) is 17.6 Å². The van der Waals surface area contributed by atoms with Crippen LogP contribution >= 0.6 is 0 Å². The lowest BCUT2D eigenvalue weighted by Gasteiger charge is -2.35. The van der Waals surface area contributed by atoms with Crippen molar-refractivity contribution in [2.75, 3.05) is 7.11 Å². The highest BCUT2D eigenvalue weighted by molar-refractivity contribution is 5.83. The molecule has 178 valence electrons. The Kier molecular flexibility index (Phi) is 7.22. The van der Waals surface area contributed by atoms with Crippen molar-refractivity contribution >= 4 is 22.9 Å². The average molecular weight is 467 g/mol. The Morgan fingerprint density at radius 2 is 2.00 bits per heavy atom. The molecule has 1 aliphatic rings. The Morgan fingerprint density at radius 1 is 1.21 bits per heavy atom. The Labute approximate surface area is 197 Å². The van der Waals surface area contributed by atoms with Crippen LogP contribution in [-0.4, -0.2) is 28.7 Å². The van der Waals surface area contributed by atoms with Crippen molar-refractivity contribution in [3.63, 3.8) is 0 Å². The number of nitrogens with zero attached hydrogens (tertiary/aromatic N) is 1. The maximum absolute atomic E-state index is 13.7. The summed E-state index contributed by atoms with van der Waals surface area (Å²) in [6.07, 6.45) is 7.92. The number of amides is 1. The van der Waals surface area contributed by atoms with Crippen molar-refractivity contribution in [1.82, 2.24) is 10.3 Å². The van der Waals surface area contributed by atoms with E-state index in [0.29, 0.717) is 38.5 Å². The molecule has 2 N–H and O–H groups in total. The topological polar surface area (TPSA) is 71.5 Å². The van der Waals surface area contributed by atoms with Gasteiger partial charge in [-0.3, -0.25) is 9.78 Å². The number of benzene rings is 2. The normalized spacial score (nSPS) is 20.5. The highest BCUT2D eigenvalue weighted by Crippen LogP contribution is 2.36. The molecule has 0 unspecified atom stereocenters. The number of carbonyl (C=O) groups excluding carboxylic acids is 1. The molecular weight excluding hydrogens is 438 g/mol. The number of nitrogens with one attached hydrogen (secondary N) is 1. The summed E-state index contributed by atoms with van der Waals surface area (Å²) in [5, 5.41) is 14.8. The first-order valence-electron chi connectivity index (χ1n) is 11.4. The van der Waals surface area contributed by atoms with Crippen LogP contribution in [0.15, 0.2) is 54.9 Å². The molecule has 0 spiro atoms. The van der Waals surface area contributed by atoms with Crippen LogP contribution in [0.3, 0.4) is 0 Å². The van der Waals surface area contributed by atoms with Gasteiger partial charge in [0.1, 0.15) is 17.4 Å². The van der Waals surface area contributed by atoms with Crippen LogP contribution in [0.2, 0.25) is 0 Å². The van der Waals surface area contributed by atoms with Gasteiger partial charge in [0.25, 0.3) is 0 Å². The standard InChI is InChI=1S/C27H28F2N2O3/c1-34-22-3-5-25-23(17-22)18(9-14-30-25)6-11-27(33)12-7-19(8-13-27)26(32)31-15-10-20-16-21(28)2-4-24(20)29/h2-5,9-10,14-17,19,33H,6-8,11-13H2,1H3,(H,31,32)/b15-10+. The monoisotopic (exact) mass is 466 g/mol. The minimum absolute atomic E-state index is 0.0691. The zero-order chi connectivity index (χ0) is 24.1. The molecule has 1 aliphatic carbocycles. The summed E-state index contributed by atoms with van der Waals surface area (Å²) in [6, 6.07) is 10.9. The lowest BCUT2D eigenvalue weighted by molar-refractivity contribution is -0.127. The summed E-state index contributed by atoms with van der Waals surface area (Å²) in [5.41, 5.74) is 1.23. The highest BCUT2D eigenvalue weighted by atomic mass is 19.1.